The second-order valence-corrected chi connectivity index (χ2v) is 8.45. The number of carbonyl (C=O) groups is 2. The number of nitrogens with one attached hydrogen (secondary N) is 1. The number of amides is 2. The summed E-state index contributed by atoms with van der Waals surface area (Å²) in [6.45, 7) is 12.0. The summed E-state index contributed by atoms with van der Waals surface area (Å²) in [7, 11) is 0. The van der Waals surface area contributed by atoms with Crippen LogP contribution in [0.15, 0.2) is 41.8 Å². The molecule has 1 heterocycles. The number of rotatable bonds is 6. The Morgan fingerprint density at radius 1 is 1.22 bits per heavy atom. The summed E-state index contributed by atoms with van der Waals surface area (Å²) in [4.78, 5) is 29.3. The average Bonchev–Trinajstić information content (AvgIpc) is 2.60. The Morgan fingerprint density at radius 3 is 2.52 bits per heavy atom. The molecule has 0 unspecified atom stereocenters. The van der Waals surface area contributed by atoms with E-state index < -0.39 is 5.60 Å². The van der Waals surface area contributed by atoms with Crippen molar-refractivity contribution in [2.45, 2.75) is 31.3 Å². The smallest absolute Gasteiger partial charge is 0.410 e. The molecule has 2 rings (SSSR count). The number of anilines is 1. The third-order valence-corrected chi connectivity index (χ3v) is 4.98. The summed E-state index contributed by atoms with van der Waals surface area (Å²) in [5.74, 6) is 0.742. The molecule has 1 N–H and O–H groups in total. The van der Waals surface area contributed by atoms with Gasteiger partial charge in [-0.2, -0.15) is 0 Å². The number of piperazine rings is 1. The molecule has 1 aliphatic rings. The third kappa shape index (κ3) is 7.27. The van der Waals surface area contributed by atoms with Gasteiger partial charge in [-0.3, -0.25) is 9.69 Å². The van der Waals surface area contributed by atoms with Crippen LogP contribution >= 0.6 is 11.8 Å². The molecule has 0 saturated carbocycles. The van der Waals surface area contributed by atoms with Crippen molar-refractivity contribution in [3.8, 4) is 0 Å². The minimum absolute atomic E-state index is 0.0487. The molecule has 1 aromatic rings. The summed E-state index contributed by atoms with van der Waals surface area (Å²) in [5.41, 5.74) is 0.326. The Balaban J connectivity index is 1.81. The van der Waals surface area contributed by atoms with Crippen LogP contribution in [0.5, 0.6) is 0 Å². The second-order valence-electron chi connectivity index (χ2n) is 7.39. The van der Waals surface area contributed by atoms with Gasteiger partial charge in [0.15, 0.2) is 0 Å². The number of nitrogens with zero attached hydrogens (tertiary/aromatic N) is 2. The molecule has 1 saturated heterocycles. The van der Waals surface area contributed by atoms with Crippen LogP contribution in [0.3, 0.4) is 0 Å². The number of thioether (sulfide) groups is 1. The number of hydrogen-bond donors (Lipinski definition) is 1. The molecule has 0 aliphatic carbocycles. The van der Waals surface area contributed by atoms with Crippen molar-refractivity contribution in [3.63, 3.8) is 0 Å². The van der Waals surface area contributed by atoms with E-state index in [0.29, 0.717) is 32.7 Å². The molecular weight excluding hydrogens is 362 g/mol. The molecule has 1 aromatic carbocycles. The molecular formula is C20H29N3O3S. The highest BCUT2D eigenvalue weighted by molar-refractivity contribution is 7.99. The fraction of sp³-hybridized carbons (Fsp3) is 0.500. The van der Waals surface area contributed by atoms with Crippen LogP contribution in [0, 0.1) is 0 Å². The maximum atomic E-state index is 12.4. The lowest BCUT2D eigenvalue weighted by atomic mass is 10.2. The lowest BCUT2D eigenvalue weighted by molar-refractivity contribution is -0.117. The van der Waals surface area contributed by atoms with Gasteiger partial charge in [-0.25, -0.2) is 4.79 Å². The Morgan fingerprint density at radius 2 is 1.89 bits per heavy atom. The van der Waals surface area contributed by atoms with Crippen molar-refractivity contribution in [2.24, 2.45) is 0 Å². The SMILES string of the molecule is C=CCSc1ccccc1NC(=O)CN1CCN(C(=O)OC(C)(C)C)CC1. The molecule has 0 aromatic heterocycles. The molecule has 1 aliphatic heterocycles. The Kier molecular flexibility index (Phi) is 7.74. The number of carbonyl (C=O) groups excluding carboxylic acids is 2. The van der Waals surface area contributed by atoms with Crippen LogP contribution < -0.4 is 5.32 Å². The fourth-order valence-electron chi connectivity index (χ4n) is 2.65. The highest BCUT2D eigenvalue weighted by Crippen LogP contribution is 2.26. The van der Waals surface area contributed by atoms with Gasteiger partial charge in [-0.05, 0) is 32.9 Å². The summed E-state index contributed by atoms with van der Waals surface area (Å²) >= 11 is 1.64. The lowest BCUT2D eigenvalue weighted by Gasteiger charge is -2.35. The van der Waals surface area contributed by atoms with E-state index in [-0.39, 0.29) is 12.0 Å². The number of ether oxygens (including phenoxy) is 1. The van der Waals surface area contributed by atoms with E-state index in [1.807, 2.05) is 51.1 Å². The zero-order valence-electron chi connectivity index (χ0n) is 16.4. The maximum Gasteiger partial charge on any atom is 0.410 e. The third-order valence-electron chi connectivity index (χ3n) is 3.91. The van der Waals surface area contributed by atoms with Gasteiger partial charge >= 0.3 is 6.09 Å². The standard InChI is InChI=1S/C20H29N3O3S/c1-5-14-27-17-9-7-6-8-16(17)21-18(24)15-22-10-12-23(13-11-22)19(25)26-20(2,3)4/h5-9H,1,10-15H2,2-4H3,(H,21,24). The second kappa shape index (κ2) is 9.80. The molecule has 0 radical (unpaired) electrons. The monoisotopic (exact) mass is 391 g/mol. The first-order chi connectivity index (χ1) is 12.8. The molecule has 7 heteroatoms. The van der Waals surface area contributed by atoms with Gasteiger partial charge in [0.05, 0.1) is 12.2 Å². The minimum Gasteiger partial charge on any atom is -0.444 e. The van der Waals surface area contributed by atoms with Crippen LogP contribution in [0.2, 0.25) is 0 Å². The first-order valence-electron chi connectivity index (χ1n) is 9.11. The number of benzene rings is 1. The fourth-order valence-corrected chi connectivity index (χ4v) is 3.40. The van der Waals surface area contributed by atoms with E-state index >= 15 is 0 Å². The van der Waals surface area contributed by atoms with E-state index in [2.05, 4.69) is 16.8 Å². The van der Waals surface area contributed by atoms with Crippen LogP contribution in [0.25, 0.3) is 0 Å². The normalized spacial score (nSPS) is 15.3. The average molecular weight is 392 g/mol. The Hall–Kier alpha value is -1.99. The van der Waals surface area contributed by atoms with Crippen LogP contribution in [0.4, 0.5) is 10.5 Å². The van der Waals surface area contributed by atoms with E-state index in [1.54, 1.807) is 16.7 Å². The topological polar surface area (TPSA) is 61.9 Å². The van der Waals surface area contributed by atoms with Gasteiger partial charge in [0.1, 0.15) is 5.60 Å². The summed E-state index contributed by atoms with van der Waals surface area (Å²) in [6, 6.07) is 7.76. The number of para-hydroxylation sites is 1. The lowest BCUT2D eigenvalue weighted by Crippen LogP contribution is -2.51. The van der Waals surface area contributed by atoms with Gasteiger partial charge < -0.3 is 15.0 Å². The van der Waals surface area contributed by atoms with Crippen molar-refractivity contribution in [3.05, 3.63) is 36.9 Å². The highest BCUT2D eigenvalue weighted by Gasteiger charge is 2.26. The van der Waals surface area contributed by atoms with Gasteiger partial charge in [-0.15, -0.1) is 18.3 Å². The van der Waals surface area contributed by atoms with Crippen molar-refractivity contribution in [2.75, 3.05) is 43.8 Å². The van der Waals surface area contributed by atoms with Crippen molar-refractivity contribution < 1.29 is 14.3 Å². The Labute approximate surface area is 165 Å². The van der Waals surface area contributed by atoms with Crippen molar-refractivity contribution in [1.29, 1.82) is 0 Å². The van der Waals surface area contributed by atoms with Crippen LogP contribution in [-0.4, -0.2) is 65.9 Å². The van der Waals surface area contributed by atoms with Crippen molar-refractivity contribution in [1.82, 2.24) is 9.80 Å². The van der Waals surface area contributed by atoms with Crippen LogP contribution in [-0.2, 0) is 9.53 Å². The van der Waals surface area contributed by atoms with Gasteiger partial charge in [0.25, 0.3) is 0 Å². The molecule has 0 bridgehead atoms. The van der Waals surface area contributed by atoms with Gasteiger partial charge in [0.2, 0.25) is 5.91 Å². The van der Waals surface area contributed by atoms with E-state index in [1.165, 1.54) is 0 Å². The summed E-state index contributed by atoms with van der Waals surface area (Å²) < 4.78 is 5.40. The van der Waals surface area contributed by atoms with Gasteiger partial charge in [0, 0.05) is 36.8 Å². The van der Waals surface area contributed by atoms with Crippen molar-refractivity contribution >= 4 is 29.4 Å². The zero-order valence-corrected chi connectivity index (χ0v) is 17.2. The Bertz CT molecular complexity index is 665. The van der Waals surface area contributed by atoms with E-state index in [4.69, 9.17) is 4.74 Å². The van der Waals surface area contributed by atoms with E-state index in [9.17, 15) is 9.59 Å². The first-order valence-corrected chi connectivity index (χ1v) is 10.1. The molecule has 2 amide bonds. The number of hydrogen-bond acceptors (Lipinski definition) is 5. The molecule has 6 nitrogen and oxygen atoms in total. The minimum atomic E-state index is -0.495. The quantitative estimate of drug-likeness (QED) is 0.594. The molecule has 27 heavy (non-hydrogen) atoms. The molecule has 0 atom stereocenters. The predicted octanol–water partition coefficient (Wildman–Crippen LogP) is 3.46. The maximum absolute atomic E-state index is 12.4. The summed E-state index contributed by atoms with van der Waals surface area (Å²) in [5, 5.41) is 2.99. The zero-order chi connectivity index (χ0) is 19.9. The first kappa shape index (κ1) is 21.3. The van der Waals surface area contributed by atoms with Crippen LogP contribution in [0.1, 0.15) is 20.8 Å². The predicted molar refractivity (Wildman–Crippen MR) is 110 cm³/mol. The molecule has 1 fully saturated rings. The molecule has 0 spiro atoms. The summed E-state index contributed by atoms with van der Waals surface area (Å²) in [6.07, 6.45) is 1.55. The molecule has 148 valence electrons. The van der Waals surface area contributed by atoms with Gasteiger partial charge in [-0.1, -0.05) is 18.2 Å². The largest absolute Gasteiger partial charge is 0.444 e. The highest BCUT2D eigenvalue weighted by atomic mass is 32.2. The van der Waals surface area contributed by atoms with E-state index in [0.717, 1.165) is 16.3 Å².